The highest BCUT2D eigenvalue weighted by molar-refractivity contribution is 5.97. The van der Waals surface area contributed by atoms with Gasteiger partial charge in [-0.2, -0.15) is 18.4 Å². The summed E-state index contributed by atoms with van der Waals surface area (Å²) in [5, 5.41) is 8.68. The molecule has 1 amide bonds. The molecule has 0 aromatic heterocycles. The van der Waals surface area contributed by atoms with Gasteiger partial charge in [0, 0.05) is 7.05 Å². The third-order valence-electron chi connectivity index (χ3n) is 1.93. The van der Waals surface area contributed by atoms with E-state index in [1.165, 1.54) is 24.3 Å². The zero-order chi connectivity index (χ0) is 12.3. The third-order valence-corrected chi connectivity index (χ3v) is 1.93. The van der Waals surface area contributed by atoms with Gasteiger partial charge in [0.2, 0.25) is 0 Å². The maximum Gasteiger partial charge on any atom is 0.471 e. The number of anilines is 1. The molecule has 0 aliphatic heterocycles. The molecule has 0 bridgehead atoms. The van der Waals surface area contributed by atoms with Crippen molar-refractivity contribution in [2.24, 2.45) is 0 Å². The predicted molar refractivity (Wildman–Crippen MR) is 50.6 cm³/mol. The fourth-order valence-electron chi connectivity index (χ4n) is 1.16. The van der Waals surface area contributed by atoms with Gasteiger partial charge in [0.1, 0.15) is 6.07 Å². The molecular weight excluding hydrogens is 221 g/mol. The Labute approximate surface area is 89.7 Å². The normalized spacial score (nSPS) is 10.7. The Morgan fingerprint density at radius 2 is 1.94 bits per heavy atom. The van der Waals surface area contributed by atoms with Gasteiger partial charge in [0.05, 0.1) is 11.3 Å². The lowest BCUT2D eigenvalue weighted by Gasteiger charge is -2.19. The minimum absolute atomic E-state index is 0.0163. The van der Waals surface area contributed by atoms with Crippen molar-refractivity contribution in [3.63, 3.8) is 0 Å². The number of hydrogen-bond donors (Lipinski definition) is 0. The van der Waals surface area contributed by atoms with E-state index in [9.17, 15) is 18.0 Å². The number of rotatable bonds is 1. The molecule has 0 N–H and O–H groups in total. The molecular formula is C10H7F3N2O. The van der Waals surface area contributed by atoms with Crippen LogP contribution >= 0.6 is 0 Å². The summed E-state index contributed by atoms with van der Waals surface area (Å²) in [6, 6.07) is 7.31. The average Bonchev–Trinajstić information content (AvgIpc) is 2.25. The summed E-state index contributed by atoms with van der Waals surface area (Å²) < 4.78 is 36.4. The largest absolute Gasteiger partial charge is 0.471 e. The zero-order valence-electron chi connectivity index (χ0n) is 8.25. The van der Waals surface area contributed by atoms with E-state index in [2.05, 4.69) is 0 Å². The molecule has 0 fully saturated rings. The number of para-hydroxylation sites is 1. The van der Waals surface area contributed by atoms with E-state index in [0.717, 1.165) is 7.05 Å². The molecule has 0 spiro atoms. The van der Waals surface area contributed by atoms with E-state index in [1.807, 2.05) is 0 Å². The lowest BCUT2D eigenvalue weighted by atomic mass is 10.2. The SMILES string of the molecule is CN(C(=O)C(F)(F)F)c1ccccc1C#N. The maximum atomic E-state index is 12.1. The van der Waals surface area contributed by atoms with Crippen LogP contribution in [0.1, 0.15) is 5.56 Å². The maximum absolute atomic E-state index is 12.1. The van der Waals surface area contributed by atoms with Gasteiger partial charge >= 0.3 is 12.1 Å². The Balaban J connectivity index is 3.11. The Morgan fingerprint density at radius 1 is 1.38 bits per heavy atom. The van der Waals surface area contributed by atoms with Crippen LogP contribution in [-0.2, 0) is 4.79 Å². The van der Waals surface area contributed by atoms with Crippen LogP contribution in [0.2, 0.25) is 0 Å². The highest BCUT2D eigenvalue weighted by Gasteiger charge is 2.42. The molecule has 0 heterocycles. The monoisotopic (exact) mass is 228 g/mol. The van der Waals surface area contributed by atoms with E-state index >= 15 is 0 Å². The zero-order valence-corrected chi connectivity index (χ0v) is 8.25. The first-order valence-corrected chi connectivity index (χ1v) is 4.22. The number of amides is 1. The second-order valence-corrected chi connectivity index (χ2v) is 2.99. The van der Waals surface area contributed by atoms with Gasteiger partial charge < -0.3 is 4.90 Å². The van der Waals surface area contributed by atoms with Gasteiger partial charge in [-0.15, -0.1) is 0 Å². The van der Waals surface area contributed by atoms with E-state index < -0.39 is 12.1 Å². The fraction of sp³-hybridized carbons (Fsp3) is 0.200. The van der Waals surface area contributed by atoms with E-state index in [1.54, 1.807) is 6.07 Å². The molecule has 1 rings (SSSR count). The Bertz CT molecular complexity index is 448. The summed E-state index contributed by atoms with van der Waals surface area (Å²) in [6.07, 6.45) is -4.95. The van der Waals surface area contributed by atoms with Crippen molar-refractivity contribution < 1.29 is 18.0 Å². The minimum Gasteiger partial charge on any atom is -0.306 e. The van der Waals surface area contributed by atoms with Gasteiger partial charge in [-0.05, 0) is 12.1 Å². The molecule has 0 atom stereocenters. The van der Waals surface area contributed by atoms with Crippen LogP contribution in [0, 0.1) is 11.3 Å². The van der Waals surface area contributed by atoms with Crippen molar-refractivity contribution in [3.8, 4) is 6.07 Å². The summed E-state index contributed by atoms with van der Waals surface area (Å²) in [6.45, 7) is 0. The van der Waals surface area contributed by atoms with Crippen molar-refractivity contribution in [2.45, 2.75) is 6.18 Å². The Hall–Kier alpha value is -2.03. The van der Waals surface area contributed by atoms with Crippen LogP contribution in [-0.4, -0.2) is 19.1 Å². The number of nitriles is 1. The summed E-state index contributed by atoms with van der Waals surface area (Å²) in [5.41, 5.74) is -0.0464. The molecule has 6 heteroatoms. The number of halogens is 3. The molecule has 0 aliphatic rings. The van der Waals surface area contributed by atoms with Crippen molar-refractivity contribution in [1.29, 1.82) is 5.26 Å². The quantitative estimate of drug-likeness (QED) is 0.738. The highest BCUT2D eigenvalue weighted by Crippen LogP contribution is 2.24. The minimum atomic E-state index is -4.95. The van der Waals surface area contributed by atoms with Gasteiger partial charge in [-0.25, -0.2) is 0 Å². The standard InChI is InChI=1S/C10H7F3N2O/c1-15(9(16)10(11,12)13)8-5-3-2-4-7(8)6-14/h2-5H,1H3. The van der Waals surface area contributed by atoms with Crippen LogP contribution in [0.15, 0.2) is 24.3 Å². The van der Waals surface area contributed by atoms with Crippen molar-refractivity contribution in [2.75, 3.05) is 11.9 Å². The molecule has 0 radical (unpaired) electrons. The Kier molecular flexibility index (Phi) is 3.18. The van der Waals surface area contributed by atoms with Crippen molar-refractivity contribution in [3.05, 3.63) is 29.8 Å². The lowest BCUT2D eigenvalue weighted by Crippen LogP contribution is -2.38. The topological polar surface area (TPSA) is 44.1 Å². The van der Waals surface area contributed by atoms with Crippen LogP contribution in [0.5, 0.6) is 0 Å². The van der Waals surface area contributed by atoms with Gasteiger partial charge in [-0.1, -0.05) is 12.1 Å². The first-order chi connectivity index (χ1) is 7.38. The molecule has 1 aromatic carbocycles. The molecule has 0 unspecified atom stereocenters. The first-order valence-electron chi connectivity index (χ1n) is 4.22. The van der Waals surface area contributed by atoms with Gasteiger partial charge in [0.25, 0.3) is 0 Å². The van der Waals surface area contributed by atoms with E-state index in [4.69, 9.17) is 5.26 Å². The molecule has 3 nitrogen and oxygen atoms in total. The third kappa shape index (κ3) is 2.31. The summed E-state index contributed by atoms with van der Waals surface area (Å²) in [4.78, 5) is 11.3. The van der Waals surface area contributed by atoms with Crippen molar-refractivity contribution in [1.82, 2.24) is 0 Å². The summed E-state index contributed by atoms with van der Waals surface area (Å²) in [5.74, 6) is -2.00. The second kappa shape index (κ2) is 4.23. The van der Waals surface area contributed by atoms with Crippen LogP contribution in [0.25, 0.3) is 0 Å². The average molecular weight is 228 g/mol. The first kappa shape index (κ1) is 12.0. The van der Waals surface area contributed by atoms with Crippen LogP contribution in [0.4, 0.5) is 18.9 Å². The van der Waals surface area contributed by atoms with Gasteiger partial charge in [-0.3, -0.25) is 4.79 Å². The molecule has 0 aliphatic carbocycles. The lowest BCUT2D eigenvalue weighted by molar-refractivity contribution is -0.170. The molecule has 0 saturated heterocycles. The highest BCUT2D eigenvalue weighted by atomic mass is 19.4. The fourth-order valence-corrected chi connectivity index (χ4v) is 1.16. The molecule has 1 aromatic rings. The number of hydrogen-bond acceptors (Lipinski definition) is 2. The van der Waals surface area contributed by atoms with Crippen LogP contribution < -0.4 is 4.90 Å². The predicted octanol–water partition coefficient (Wildman–Crippen LogP) is 2.08. The second-order valence-electron chi connectivity index (χ2n) is 2.99. The van der Waals surface area contributed by atoms with Crippen molar-refractivity contribution >= 4 is 11.6 Å². The number of benzene rings is 1. The molecule has 0 saturated carbocycles. The van der Waals surface area contributed by atoms with Crippen LogP contribution in [0.3, 0.4) is 0 Å². The van der Waals surface area contributed by atoms with E-state index in [0.29, 0.717) is 4.90 Å². The number of alkyl halides is 3. The summed E-state index contributed by atoms with van der Waals surface area (Å²) >= 11 is 0. The number of carbonyl (C=O) groups is 1. The molecule has 16 heavy (non-hydrogen) atoms. The number of nitrogens with zero attached hydrogens (tertiary/aromatic N) is 2. The van der Waals surface area contributed by atoms with Gasteiger partial charge in [0.15, 0.2) is 0 Å². The summed E-state index contributed by atoms with van der Waals surface area (Å²) in [7, 11) is 0.978. The smallest absolute Gasteiger partial charge is 0.306 e. The number of carbonyl (C=O) groups excluding carboxylic acids is 1. The van der Waals surface area contributed by atoms with E-state index in [-0.39, 0.29) is 11.3 Å². The Morgan fingerprint density at radius 3 is 2.44 bits per heavy atom. The molecule has 84 valence electrons.